The zero-order valence-electron chi connectivity index (χ0n) is 15.7. The SMILES string of the molecule is [2H]c1nc(C([2H])([2H])S)c(OC([2H])([2H])[2H])c(OC([2H])([2H])[2H])c1[2H]. The van der Waals surface area contributed by atoms with Crippen molar-refractivity contribution >= 4 is 12.6 Å². The minimum atomic E-state index is -3.09. The molecule has 0 saturated carbocycles. The largest absolute Gasteiger partial charge is 0.493 e. The molecule has 0 radical (unpaired) electrons. The maximum atomic E-state index is 7.59. The third-order valence-electron chi connectivity index (χ3n) is 1.07. The number of hydrogen-bond acceptors (Lipinski definition) is 4. The van der Waals surface area contributed by atoms with Gasteiger partial charge in [-0.25, -0.2) is 0 Å². The average Bonchev–Trinajstić information content (AvgIpc) is 2.23. The lowest BCUT2D eigenvalue weighted by Gasteiger charge is -2.09. The Labute approximate surface area is 91.2 Å². The van der Waals surface area contributed by atoms with E-state index < -0.39 is 49.2 Å². The number of pyridine rings is 1. The molecule has 0 N–H and O–H groups in total. The monoisotopic (exact) mass is 195 g/mol. The number of nitrogens with zero attached hydrogens (tertiary/aromatic N) is 1. The fraction of sp³-hybridized carbons (Fsp3) is 0.375. The molecular formula is C8H11NO2S. The van der Waals surface area contributed by atoms with E-state index in [9.17, 15) is 0 Å². The first-order valence-corrected chi connectivity index (χ1v) is 3.18. The van der Waals surface area contributed by atoms with Gasteiger partial charge in [0.2, 0.25) is 0 Å². The van der Waals surface area contributed by atoms with Crippen molar-refractivity contribution in [3.8, 4) is 11.5 Å². The van der Waals surface area contributed by atoms with Crippen molar-refractivity contribution < 1.29 is 23.2 Å². The van der Waals surface area contributed by atoms with Crippen LogP contribution in [0.5, 0.6) is 11.5 Å². The third kappa shape index (κ3) is 1.64. The number of aromatic nitrogens is 1. The van der Waals surface area contributed by atoms with Gasteiger partial charge in [-0.1, -0.05) is 0 Å². The minimum Gasteiger partial charge on any atom is -0.493 e. The van der Waals surface area contributed by atoms with Gasteiger partial charge in [0, 0.05) is 20.7 Å². The first kappa shape index (κ1) is 2.54. The number of methoxy groups -OCH3 is 2. The Morgan fingerprint density at radius 2 is 2.58 bits per heavy atom. The Hall–Kier alpha value is -0.900. The highest BCUT2D eigenvalue weighted by Gasteiger charge is 2.08. The van der Waals surface area contributed by atoms with Gasteiger partial charge in [-0.05, 0) is 0 Å². The van der Waals surface area contributed by atoms with Crippen LogP contribution in [-0.4, -0.2) is 19.1 Å². The predicted octanol–water partition coefficient (Wildman–Crippen LogP) is 1.53. The smallest absolute Gasteiger partial charge is 0.183 e. The van der Waals surface area contributed by atoms with Gasteiger partial charge in [-0.15, -0.1) is 0 Å². The highest BCUT2D eigenvalue weighted by molar-refractivity contribution is 7.79. The summed E-state index contributed by atoms with van der Waals surface area (Å²) < 4.78 is 81.3. The van der Waals surface area contributed by atoms with Gasteiger partial charge in [0.25, 0.3) is 0 Å². The molecule has 1 heterocycles. The number of ether oxygens (including phenoxy) is 2. The molecule has 0 unspecified atom stereocenters. The molecule has 0 amide bonds. The van der Waals surface area contributed by atoms with E-state index in [1.807, 2.05) is 0 Å². The lowest BCUT2D eigenvalue weighted by Crippen LogP contribution is -1.96. The van der Waals surface area contributed by atoms with E-state index in [1.165, 1.54) is 0 Å². The van der Waals surface area contributed by atoms with E-state index >= 15 is 0 Å². The summed E-state index contributed by atoms with van der Waals surface area (Å²) >= 11 is 3.57. The van der Waals surface area contributed by atoms with E-state index in [-0.39, 0.29) is 0 Å². The summed E-state index contributed by atoms with van der Waals surface area (Å²) in [6.07, 6.45) is -0.815. The lowest BCUT2D eigenvalue weighted by molar-refractivity contribution is 0.350. The van der Waals surface area contributed by atoms with Crippen LogP contribution < -0.4 is 9.47 Å². The van der Waals surface area contributed by atoms with Gasteiger partial charge in [0.15, 0.2) is 11.5 Å². The van der Waals surface area contributed by atoms with Crippen molar-refractivity contribution in [1.82, 2.24) is 4.98 Å². The number of rotatable bonds is 3. The first-order chi connectivity index (χ1) is 9.62. The number of hydrogen-bond donors (Lipinski definition) is 1. The van der Waals surface area contributed by atoms with E-state index in [2.05, 4.69) is 27.1 Å². The summed E-state index contributed by atoms with van der Waals surface area (Å²) in [6.45, 7) is 0. The zero-order chi connectivity index (χ0) is 17.5. The van der Waals surface area contributed by atoms with Gasteiger partial charge in [-0.2, -0.15) is 12.6 Å². The van der Waals surface area contributed by atoms with Gasteiger partial charge in [0.1, 0.15) is 0 Å². The fourth-order valence-electron chi connectivity index (χ4n) is 0.592. The van der Waals surface area contributed by atoms with Crippen molar-refractivity contribution in [2.24, 2.45) is 0 Å². The Bertz CT molecular complexity index is 564. The molecule has 0 spiro atoms. The normalized spacial score (nSPS) is 25.1. The van der Waals surface area contributed by atoms with Crippen LogP contribution in [0.15, 0.2) is 12.2 Å². The Morgan fingerprint density at radius 1 is 1.75 bits per heavy atom. The summed E-state index contributed by atoms with van der Waals surface area (Å²) in [7, 11) is -6.16. The molecule has 1 aromatic rings. The summed E-state index contributed by atoms with van der Waals surface area (Å²) in [6, 6.07) is -0.850. The van der Waals surface area contributed by atoms with Crippen LogP contribution in [0.2, 0.25) is 0 Å². The molecule has 0 aliphatic rings. The molecule has 0 fully saturated rings. The molecule has 0 aliphatic heterocycles. The molecule has 3 nitrogen and oxygen atoms in total. The molecule has 1 aromatic heterocycles. The highest BCUT2D eigenvalue weighted by Crippen LogP contribution is 2.29. The molecule has 66 valence electrons. The van der Waals surface area contributed by atoms with Crippen molar-refractivity contribution in [2.75, 3.05) is 14.1 Å². The van der Waals surface area contributed by atoms with Crippen LogP contribution in [0.1, 0.15) is 19.4 Å². The molecule has 0 bridgehead atoms. The van der Waals surface area contributed by atoms with Gasteiger partial charge >= 0.3 is 0 Å². The Balaban J connectivity index is 3.66. The standard InChI is InChI=1S/C8H11NO2S/c1-10-7-3-4-9-6(5-12)8(7)11-2/h3-4,12H,5H2,1-2H3/i1D3,2D3,3D,4D,5D2. The van der Waals surface area contributed by atoms with Crippen molar-refractivity contribution in [3.63, 3.8) is 0 Å². The second-order valence-electron chi connectivity index (χ2n) is 1.67. The van der Waals surface area contributed by atoms with E-state index in [4.69, 9.17) is 13.7 Å². The first-order valence-electron chi connectivity index (χ1n) is 7.74. The topological polar surface area (TPSA) is 31.4 Å². The van der Waals surface area contributed by atoms with Crippen LogP contribution in [0, 0.1) is 0 Å². The maximum Gasteiger partial charge on any atom is 0.183 e. The van der Waals surface area contributed by atoms with Crippen LogP contribution in [0.25, 0.3) is 0 Å². The number of thiol groups is 1. The van der Waals surface area contributed by atoms with Crippen molar-refractivity contribution in [1.29, 1.82) is 0 Å². The average molecular weight is 195 g/mol. The van der Waals surface area contributed by atoms with Gasteiger partial charge in [0.05, 0.1) is 30.7 Å². The van der Waals surface area contributed by atoms with Crippen LogP contribution in [0.4, 0.5) is 0 Å². The maximum absolute atomic E-state index is 7.59. The molecular weight excluding hydrogens is 174 g/mol. The molecule has 4 heteroatoms. The Kier molecular flexibility index (Phi) is 0.892. The van der Waals surface area contributed by atoms with Gasteiger partial charge in [-0.3, -0.25) is 4.98 Å². The quantitative estimate of drug-likeness (QED) is 0.742. The van der Waals surface area contributed by atoms with E-state index in [0.29, 0.717) is 0 Å². The summed E-state index contributed by atoms with van der Waals surface area (Å²) in [4.78, 5) is 3.41. The van der Waals surface area contributed by atoms with Crippen LogP contribution >= 0.6 is 12.6 Å². The molecule has 0 aromatic carbocycles. The minimum absolute atomic E-state index is 0.771. The van der Waals surface area contributed by atoms with Gasteiger partial charge < -0.3 is 9.47 Å². The molecule has 0 aliphatic carbocycles. The van der Waals surface area contributed by atoms with Crippen molar-refractivity contribution in [3.05, 3.63) is 17.9 Å². The summed E-state index contributed by atoms with van der Waals surface area (Å²) in [5.74, 6) is -1.82. The highest BCUT2D eigenvalue weighted by atomic mass is 32.1. The predicted molar refractivity (Wildman–Crippen MR) is 50.0 cm³/mol. The third-order valence-corrected chi connectivity index (χ3v) is 1.28. The Morgan fingerprint density at radius 3 is 3.25 bits per heavy atom. The summed E-state index contributed by atoms with van der Waals surface area (Å²) in [5.41, 5.74) is -3.33. The van der Waals surface area contributed by atoms with E-state index in [1.54, 1.807) is 0 Å². The molecule has 0 atom stereocenters. The summed E-state index contributed by atoms with van der Waals surface area (Å²) in [5, 5.41) is 0. The zero-order valence-corrected chi connectivity index (χ0v) is 6.61. The van der Waals surface area contributed by atoms with E-state index in [0.717, 1.165) is 0 Å². The second kappa shape index (κ2) is 4.21. The molecule has 12 heavy (non-hydrogen) atoms. The van der Waals surface area contributed by atoms with Crippen LogP contribution in [-0.2, 0) is 5.70 Å². The van der Waals surface area contributed by atoms with Crippen molar-refractivity contribution in [2.45, 2.75) is 5.70 Å². The lowest BCUT2D eigenvalue weighted by atomic mass is 10.3. The fourth-order valence-corrected chi connectivity index (χ4v) is 0.744. The van der Waals surface area contributed by atoms with Crippen LogP contribution in [0.3, 0.4) is 0 Å². The molecule has 0 saturated heterocycles. The second-order valence-corrected chi connectivity index (χ2v) is 1.89. The molecule has 1 rings (SSSR count).